The summed E-state index contributed by atoms with van der Waals surface area (Å²) in [5.74, 6) is -0.0228. The van der Waals surface area contributed by atoms with E-state index in [4.69, 9.17) is 0 Å². The number of benzene rings is 2. The molecule has 0 bridgehead atoms. The van der Waals surface area contributed by atoms with Crippen LogP contribution in [0.1, 0.15) is 12.0 Å². The van der Waals surface area contributed by atoms with Crippen LogP contribution in [0.25, 0.3) is 11.4 Å². The molecule has 0 atom stereocenters. The van der Waals surface area contributed by atoms with Gasteiger partial charge in [0.25, 0.3) is 0 Å². The summed E-state index contributed by atoms with van der Waals surface area (Å²) in [5, 5.41) is 16.4. The number of aromatic nitrogens is 4. The van der Waals surface area contributed by atoms with E-state index in [2.05, 4.69) is 25.9 Å². The maximum Gasteiger partial charge on any atom is 0.224 e. The number of anilines is 1. The molecule has 0 aliphatic heterocycles. The molecule has 0 saturated carbocycles. The second kappa shape index (κ2) is 6.78. The van der Waals surface area contributed by atoms with Crippen molar-refractivity contribution >= 4 is 11.6 Å². The van der Waals surface area contributed by atoms with Gasteiger partial charge in [0.15, 0.2) is 0 Å². The van der Waals surface area contributed by atoms with Gasteiger partial charge in [0.2, 0.25) is 11.7 Å². The molecule has 1 amide bonds. The Balaban J connectivity index is 1.62. The zero-order chi connectivity index (χ0) is 16.1. The number of nitrogens with one attached hydrogen (secondary N) is 2. The van der Waals surface area contributed by atoms with E-state index in [1.54, 1.807) is 36.4 Å². The van der Waals surface area contributed by atoms with Gasteiger partial charge in [0, 0.05) is 17.7 Å². The Morgan fingerprint density at radius 1 is 1.17 bits per heavy atom. The molecule has 0 spiro atoms. The minimum Gasteiger partial charge on any atom is -0.326 e. The van der Waals surface area contributed by atoms with Gasteiger partial charge in [-0.2, -0.15) is 5.21 Å². The van der Waals surface area contributed by atoms with Gasteiger partial charge in [-0.05, 0) is 35.4 Å². The standard InChI is InChI=1S/C16H14FN5O/c17-14-7-2-1-4-11(14)8-9-15(23)18-13-6-3-5-12(10-13)16-19-21-22-20-16/h1-7,10H,8-9H2,(H,18,23)(H,19,20,21,22). The van der Waals surface area contributed by atoms with Gasteiger partial charge < -0.3 is 5.32 Å². The lowest BCUT2D eigenvalue weighted by Gasteiger charge is -2.07. The first kappa shape index (κ1) is 14.8. The largest absolute Gasteiger partial charge is 0.326 e. The fourth-order valence-electron chi connectivity index (χ4n) is 2.19. The second-order valence-electron chi connectivity index (χ2n) is 4.96. The Labute approximate surface area is 131 Å². The molecule has 0 radical (unpaired) electrons. The number of tetrazole rings is 1. The molecule has 0 fully saturated rings. The quantitative estimate of drug-likeness (QED) is 0.758. The number of carbonyl (C=O) groups excluding carboxylic acids is 1. The van der Waals surface area contributed by atoms with Crippen LogP contribution >= 0.6 is 0 Å². The molecule has 2 aromatic carbocycles. The van der Waals surface area contributed by atoms with Crippen molar-refractivity contribution < 1.29 is 9.18 Å². The fourth-order valence-corrected chi connectivity index (χ4v) is 2.19. The van der Waals surface area contributed by atoms with Gasteiger partial charge in [0.05, 0.1) is 0 Å². The van der Waals surface area contributed by atoms with Crippen LogP contribution in [0.2, 0.25) is 0 Å². The molecule has 116 valence electrons. The van der Waals surface area contributed by atoms with Crippen molar-refractivity contribution in [1.29, 1.82) is 0 Å². The maximum atomic E-state index is 13.5. The van der Waals surface area contributed by atoms with Gasteiger partial charge in [-0.25, -0.2) is 4.39 Å². The highest BCUT2D eigenvalue weighted by molar-refractivity contribution is 5.91. The zero-order valence-corrected chi connectivity index (χ0v) is 12.2. The first-order chi connectivity index (χ1) is 11.2. The average molecular weight is 311 g/mol. The Kier molecular flexibility index (Phi) is 4.37. The van der Waals surface area contributed by atoms with Crippen LogP contribution in [-0.4, -0.2) is 26.5 Å². The molecule has 0 aliphatic rings. The van der Waals surface area contributed by atoms with Crippen LogP contribution in [0.5, 0.6) is 0 Å². The van der Waals surface area contributed by atoms with Crippen LogP contribution in [0, 0.1) is 5.82 Å². The van der Waals surface area contributed by atoms with Crippen LogP contribution in [-0.2, 0) is 11.2 Å². The number of H-pyrrole nitrogens is 1. The molecular formula is C16H14FN5O. The van der Waals surface area contributed by atoms with Crippen molar-refractivity contribution in [3.63, 3.8) is 0 Å². The molecule has 0 saturated heterocycles. The molecule has 1 aromatic heterocycles. The smallest absolute Gasteiger partial charge is 0.224 e. The van der Waals surface area contributed by atoms with Crippen LogP contribution in [0.3, 0.4) is 0 Å². The summed E-state index contributed by atoms with van der Waals surface area (Å²) in [6.07, 6.45) is 0.552. The normalized spacial score (nSPS) is 10.5. The van der Waals surface area contributed by atoms with E-state index < -0.39 is 0 Å². The number of aromatic amines is 1. The third kappa shape index (κ3) is 3.76. The summed E-state index contributed by atoms with van der Waals surface area (Å²) in [7, 11) is 0. The Bertz CT molecular complexity index is 804. The third-order valence-electron chi connectivity index (χ3n) is 3.33. The number of hydrogen-bond donors (Lipinski definition) is 2. The number of aryl methyl sites for hydroxylation is 1. The highest BCUT2D eigenvalue weighted by atomic mass is 19.1. The Morgan fingerprint density at radius 3 is 2.83 bits per heavy atom. The van der Waals surface area contributed by atoms with Crippen molar-refractivity contribution in [2.24, 2.45) is 0 Å². The van der Waals surface area contributed by atoms with E-state index >= 15 is 0 Å². The molecule has 23 heavy (non-hydrogen) atoms. The van der Waals surface area contributed by atoms with Gasteiger partial charge in [0.1, 0.15) is 5.82 Å². The number of rotatable bonds is 5. The summed E-state index contributed by atoms with van der Waals surface area (Å²) < 4.78 is 13.5. The third-order valence-corrected chi connectivity index (χ3v) is 3.33. The molecule has 6 nitrogen and oxygen atoms in total. The van der Waals surface area contributed by atoms with E-state index in [1.165, 1.54) is 6.07 Å². The van der Waals surface area contributed by atoms with E-state index in [9.17, 15) is 9.18 Å². The van der Waals surface area contributed by atoms with E-state index in [1.807, 2.05) is 6.07 Å². The molecule has 3 rings (SSSR count). The van der Waals surface area contributed by atoms with E-state index in [0.29, 0.717) is 23.5 Å². The lowest BCUT2D eigenvalue weighted by Crippen LogP contribution is -2.12. The highest BCUT2D eigenvalue weighted by Gasteiger charge is 2.08. The van der Waals surface area contributed by atoms with Crippen LogP contribution in [0.15, 0.2) is 48.5 Å². The first-order valence-electron chi connectivity index (χ1n) is 7.09. The average Bonchev–Trinajstić information content (AvgIpc) is 3.09. The molecule has 0 unspecified atom stereocenters. The van der Waals surface area contributed by atoms with Gasteiger partial charge in [-0.1, -0.05) is 30.3 Å². The van der Waals surface area contributed by atoms with Gasteiger partial charge in [-0.3, -0.25) is 4.79 Å². The molecule has 7 heteroatoms. The number of halogens is 1. The number of amides is 1. The molecule has 2 N–H and O–H groups in total. The topological polar surface area (TPSA) is 83.6 Å². The van der Waals surface area contributed by atoms with Crippen molar-refractivity contribution in [1.82, 2.24) is 20.6 Å². The van der Waals surface area contributed by atoms with Crippen LogP contribution in [0.4, 0.5) is 10.1 Å². The predicted molar refractivity (Wildman–Crippen MR) is 83.0 cm³/mol. The summed E-state index contributed by atoms with van der Waals surface area (Å²) in [4.78, 5) is 12.0. The number of hydrogen-bond acceptors (Lipinski definition) is 4. The molecular weight excluding hydrogens is 297 g/mol. The first-order valence-corrected chi connectivity index (χ1v) is 7.09. The lowest BCUT2D eigenvalue weighted by molar-refractivity contribution is -0.116. The fraction of sp³-hybridized carbons (Fsp3) is 0.125. The second-order valence-corrected chi connectivity index (χ2v) is 4.96. The number of nitrogens with zero attached hydrogens (tertiary/aromatic N) is 3. The predicted octanol–water partition coefficient (Wildman–Crippen LogP) is 2.58. The molecule has 0 aliphatic carbocycles. The van der Waals surface area contributed by atoms with E-state index in [-0.39, 0.29) is 18.1 Å². The summed E-state index contributed by atoms with van der Waals surface area (Å²) >= 11 is 0. The monoisotopic (exact) mass is 311 g/mol. The van der Waals surface area contributed by atoms with E-state index in [0.717, 1.165) is 5.56 Å². The number of carbonyl (C=O) groups is 1. The zero-order valence-electron chi connectivity index (χ0n) is 12.2. The molecule has 1 heterocycles. The Morgan fingerprint density at radius 2 is 2.04 bits per heavy atom. The minimum absolute atomic E-state index is 0.182. The summed E-state index contributed by atoms with van der Waals surface area (Å²) in [5.41, 5.74) is 1.90. The van der Waals surface area contributed by atoms with Gasteiger partial charge >= 0.3 is 0 Å². The summed E-state index contributed by atoms with van der Waals surface area (Å²) in [6.45, 7) is 0. The minimum atomic E-state index is -0.292. The van der Waals surface area contributed by atoms with Crippen molar-refractivity contribution in [2.75, 3.05) is 5.32 Å². The van der Waals surface area contributed by atoms with Crippen molar-refractivity contribution in [2.45, 2.75) is 12.8 Å². The summed E-state index contributed by atoms with van der Waals surface area (Å²) in [6, 6.07) is 13.6. The Hall–Kier alpha value is -3.09. The van der Waals surface area contributed by atoms with Crippen molar-refractivity contribution in [3.05, 3.63) is 59.9 Å². The SMILES string of the molecule is O=C(CCc1ccccc1F)Nc1cccc(-c2nn[nH]n2)c1. The maximum absolute atomic E-state index is 13.5. The lowest BCUT2D eigenvalue weighted by atomic mass is 10.1. The highest BCUT2D eigenvalue weighted by Crippen LogP contribution is 2.18. The van der Waals surface area contributed by atoms with Crippen LogP contribution < -0.4 is 5.32 Å². The van der Waals surface area contributed by atoms with Crippen molar-refractivity contribution in [3.8, 4) is 11.4 Å². The van der Waals surface area contributed by atoms with Gasteiger partial charge in [-0.15, -0.1) is 10.2 Å². The molecule has 3 aromatic rings.